The summed E-state index contributed by atoms with van der Waals surface area (Å²) in [6.45, 7) is 11.0. The van der Waals surface area contributed by atoms with Gasteiger partial charge < -0.3 is 5.32 Å². The molecule has 0 fully saturated rings. The van der Waals surface area contributed by atoms with Gasteiger partial charge in [0.05, 0.1) is 11.9 Å². The predicted molar refractivity (Wildman–Crippen MR) is 105 cm³/mol. The zero-order valence-electron chi connectivity index (χ0n) is 16.3. The first-order valence-corrected chi connectivity index (χ1v) is 10.8. The molecule has 0 aliphatic carbocycles. The molecule has 0 aliphatic rings. The molecule has 5 nitrogen and oxygen atoms in total. The van der Waals surface area contributed by atoms with Crippen molar-refractivity contribution < 1.29 is 13.2 Å². The normalized spacial score (nSPS) is 11.8. The molecular weight excluding hydrogens is 336 g/mol. The van der Waals surface area contributed by atoms with E-state index in [1.807, 2.05) is 25.1 Å². The van der Waals surface area contributed by atoms with Crippen molar-refractivity contribution in [3.05, 3.63) is 29.3 Å². The van der Waals surface area contributed by atoms with Crippen molar-refractivity contribution in [2.24, 2.45) is 0 Å². The fourth-order valence-electron chi connectivity index (χ4n) is 2.80. The van der Waals surface area contributed by atoms with Crippen LogP contribution in [0.1, 0.15) is 70.4 Å². The Labute approximate surface area is 152 Å². The quantitative estimate of drug-likeness (QED) is 0.724. The number of benzene rings is 1. The van der Waals surface area contributed by atoms with Crippen LogP contribution in [0.2, 0.25) is 0 Å². The van der Waals surface area contributed by atoms with Crippen LogP contribution in [-0.2, 0) is 14.8 Å². The zero-order chi connectivity index (χ0) is 19.2. The summed E-state index contributed by atoms with van der Waals surface area (Å²) >= 11 is 0. The lowest BCUT2D eigenvalue weighted by molar-refractivity contribution is -0.120. The number of rotatable bonds is 9. The Morgan fingerprint density at radius 2 is 1.64 bits per heavy atom. The minimum atomic E-state index is -3.49. The number of anilines is 1. The van der Waals surface area contributed by atoms with E-state index in [-0.39, 0.29) is 30.7 Å². The van der Waals surface area contributed by atoms with Gasteiger partial charge in [-0.2, -0.15) is 0 Å². The molecule has 1 amide bonds. The Bertz CT molecular complexity index is 656. The molecule has 1 aromatic rings. The van der Waals surface area contributed by atoms with Gasteiger partial charge >= 0.3 is 0 Å². The fraction of sp³-hybridized carbons (Fsp3) is 0.632. The number of hydrogen-bond donors (Lipinski definition) is 1. The maximum atomic E-state index is 12.5. The largest absolute Gasteiger partial charge is 0.356 e. The van der Waals surface area contributed by atoms with Gasteiger partial charge in [-0.05, 0) is 29.4 Å². The Morgan fingerprint density at radius 3 is 2.04 bits per heavy atom. The predicted octanol–water partition coefficient (Wildman–Crippen LogP) is 3.62. The summed E-state index contributed by atoms with van der Waals surface area (Å²) in [6.07, 6.45) is 2.21. The van der Waals surface area contributed by atoms with Gasteiger partial charge in [0.2, 0.25) is 15.9 Å². The van der Waals surface area contributed by atoms with E-state index < -0.39 is 10.0 Å². The van der Waals surface area contributed by atoms with E-state index in [0.717, 1.165) is 23.2 Å². The molecule has 1 rings (SSSR count). The summed E-state index contributed by atoms with van der Waals surface area (Å²) < 4.78 is 26.4. The van der Waals surface area contributed by atoms with Crippen molar-refractivity contribution in [2.45, 2.75) is 59.3 Å². The molecule has 0 atom stereocenters. The number of nitrogens with zero attached hydrogens (tertiary/aromatic N) is 1. The lowest BCUT2D eigenvalue weighted by atomic mass is 9.92. The maximum Gasteiger partial charge on any atom is 0.232 e. The lowest BCUT2D eigenvalue weighted by Crippen LogP contribution is -2.36. The van der Waals surface area contributed by atoms with Gasteiger partial charge in [-0.25, -0.2) is 8.42 Å². The number of carbonyl (C=O) groups is 1. The monoisotopic (exact) mass is 368 g/mol. The Hall–Kier alpha value is -1.56. The van der Waals surface area contributed by atoms with Crippen molar-refractivity contribution in [3.63, 3.8) is 0 Å². The second-order valence-corrected chi connectivity index (χ2v) is 8.94. The third-order valence-electron chi connectivity index (χ3n) is 4.11. The highest BCUT2D eigenvalue weighted by molar-refractivity contribution is 7.92. The molecular formula is C19H32N2O3S. The third kappa shape index (κ3) is 6.03. The number of amides is 1. The fourth-order valence-corrected chi connectivity index (χ4v) is 3.76. The Kier molecular flexibility index (Phi) is 7.93. The maximum absolute atomic E-state index is 12.5. The van der Waals surface area contributed by atoms with Crippen LogP contribution in [0, 0.1) is 0 Å². The average Bonchev–Trinajstić information content (AvgIpc) is 2.51. The van der Waals surface area contributed by atoms with Crippen LogP contribution >= 0.6 is 0 Å². The molecule has 0 aliphatic heterocycles. The van der Waals surface area contributed by atoms with Crippen molar-refractivity contribution in [2.75, 3.05) is 23.7 Å². The highest BCUT2D eigenvalue weighted by Crippen LogP contribution is 2.36. The van der Waals surface area contributed by atoms with Gasteiger partial charge in [-0.15, -0.1) is 0 Å². The molecule has 0 saturated carbocycles. The van der Waals surface area contributed by atoms with Crippen LogP contribution in [0.5, 0.6) is 0 Å². The molecule has 1 aromatic carbocycles. The SMILES string of the molecule is CCCNC(=O)CCN(c1c(C(C)C)cccc1C(C)C)S(C)(=O)=O. The van der Waals surface area contributed by atoms with Gasteiger partial charge in [0.25, 0.3) is 0 Å². The molecule has 142 valence electrons. The molecule has 0 unspecified atom stereocenters. The summed E-state index contributed by atoms with van der Waals surface area (Å²) in [6, 6.07) is 5.92. The molecule has 1 N–H and O–H groups in total. The molecule has 0 aromatic heterocycles. The smallest absolute Gasteiger partial charge is 0.232 e. The van der Waals surface area contributed by atoms with Crippen LogP contribution in [0.15, 0.2) is 18.2 Å². The summed E-state index contributed by atoms with van der Waals surface area (Å²) in [5, 5.41) is 2.80. The van der Waals surface area contributed by atoms with Crippen molar-refractivity contribution in [3.8, 4) is 0 Å². The number of hydrogen-bond acceptors (Lipinski definition) is 3. The Balaban J connectivity index is 3.30. The summed E-state index contributed by atoms with van der Waals surface area (Å²) in [7, 11) is -3.49. The standard InChI is InChI=1S/C19H32N2O3S/c1-7-12-20-18(22)11-13-21(25(6,23)24)19-16(14(2)3)9-8-10-17(19)15(4)5/h8-10,14-15H,7,11-13H2,1-6H3,(H,20,22). The molecule has 6 heteroatoms. The highest BCUT2D eigenvalue weighted by atomic mass is 32.2. The van der Waals surface area contributed by atoms with Crippen LogP contribution in [-0.4, -0.2) is 33.7 Å². The molecule has 25 heavy (non-hydrogen) atoms. The number of para-hydroxylation sites is 1. The minimum Gasteiger partial charge on any atom is -0.356 e. The van der Waals surface area contributed by atoms with Crippen molar-refractivity contribution >= 4 is 21.6 Å². The molecule has 0 heterocycles. The number of carbonyl (C=O) groups excluding carboxylic acids is 1. The summed E-state index contributed by atoms with van der Waals surface area (Å²) in [4.78, 5) is 12.0. The minimum absolute atomic E-state index is 0.122. The van der Waals surface area contributed by atoms with E-state index in [2.05, 4.69) is 33.0 Å². The first-order chi connectivity index (χ1) is 11.6. The zero-order valence-corrected chi connectivity index (χ0v) is 17.1. The van der Waals surface area contributed by atoms with Crippen LogP contribution < -0.4 is 9.62 Å². The molecule has 0 radical (unpaired) electrons. The van der Waals surface area contributed by atoms with Gasteiger partial charge in [-0.1, -0.05) is 52.8 Å². The van der Waals surface area contributed by atoms with Crippen molar-refractivity contribution in [1.82, 2.24) is 5.32 Å². The number of sulfonamides is 1. The van der Waals surface area contributed by atoms with Crippen molar-refractivity contribution in [1.29, 1.82) is 0 Å². The second-order valence-electron chi connectivity index (χ2n) is 7.03. The molecule has 0 bridgehead atoms. The molecule has 0 spiro atoms. The topological polar surface area (TPSA) is 66.5 Å². The average molecular weight is 369 g/mol. The van der Waals surface area contributed by atoms with Gasteiger partial charge in [0.1, 0.15) is 0 Å². The molecule has 0 saturated heterocycles. The van der Waals surface area contributed by atoms with Crippen LogP contribution in [0.25, 0.3) is 0 Å². The van der Waals surface area contributed by atoms with E-state index in [4.69, 9.17) is 0 Å². The lowest BCUT2D eigenvalue weighted by Gasteiger charge is -2.29. The van der Waals surface area contributed by atoms with Gasteiger partial charge in [0.15, 0.2) is 0 Å². The van der Waals surface area contributed by atoms with Crippen LogP contribution in [0.3, 0.4) is 0 Å². The summed E-state index contributed by atoms with van der Waals surface area (Å²) in [5.41, 5.74) is 2.72. The summed E-state index contributed by atoms with van der Waals surface area (Å²) in [5.74, 6) is 0.252. The van der Waals surface area contributed by atoms with Gasteiger partial charge in [0, 0.05) is 19.5 Å². The van der Waals surface area contributed by atoms with E-state index in [1.54, 1.807) is 0 Å². The second kappa shape index (κ2) is 9.22. The highest BCUT2D eigenvalue weighted by Gasteiger charge is 2.25. The number of nitrogens with one attached hydrogen (secondary N) is 1. The first-order valence-electron chi connectivity index (χ1n) is 8.96. The van der Waals surface area contributed by atoms with E-state index in [0.29, 0.717) is 6.54 Å². The Morgan fingerprint density at radius 1 is 1.12 bits per heavy atom. The van der Waals surface area contributed by atoms with Crippen LogP contribution in [0.4, 0.5) is 5.69 Å². The van der Waals surface area contributed by atoms with E-state index in [1.165, 1.54) is 10.6 Å². The van der Waals surface area contributed by atoms with E-state index >= 15 is 0 Å². The third-order valence-corrected chi connectivity index (χ3v) is 5.27. The van der Waals surface area contributed by atoms with E-state index in [9.17, 15) is 13.2 Å². The first kappa shape index (κ1) is 21.5. The van der Waals surface area contributed by atoms with Gasteiger partial charge in [-0.3, -0.25) is 9.10 Å².